The Morgan fingerprint density at radius 1 is 1.33 bits per heavy atom. The predicted octanol–water partition coefficient (Wildman–Crippen LogP) is 2.08. The third-order valence-electron chi connectivity index (χ3n) is 4.17. The topological polar surface area (TPSA) is 60.9 Å². The van der Waals surface area contributed by atoms with E-state index in [4.69, 9.17) is 0 Å². The number of likely N-dealkylation sites (tertiary alicyclic amines) is 1. The highest BCUT2D eigenvalue weighted by atomic mass is 16.4. The van der Waals surface area contributed by atoms with Gasteiger partial charge in [-0.15, -0.1) is 0 Å². The summed E-state index contributed by atoms with van der Waals surface area (Å²) < 4.78 is 0. The van der Waals surface area contributed by atoms with E-state index in [2.05, 4.69) is 0 Å². The van der Waals surface area contributed by atoms with Gasteiger partial charge in [-0.3, -0.25) is 4.79 Å². The van der Waals surface area contributed by atoms with Gasteiger partial charge in [-0.05, 0) is 25.3 Å². The molecule has 5 heteroatoms. The van der Waals surface area contributed by atoms with Gasteiger partial charge in [-0.1, -0.05) is 30.3 Å². The quantitative estimate of drug-likeness (QED) is 0.923. The molecule has 1 unspecified atom stereocenters. The standard InChI is InChI=1S/C16H22N2O3/c1-16(14(19)20)9-11-18(12-16)15(21)17(2)10-8-13-6-4-3-5-7-13/h3-7H,8-12H2,1-2H3,(H,19,20). The molecule has 2 rings (SSSR count). The highest BCUT2D eigenvalue weighted by Gasteiger charge is 2.42. The lowest BCUT2D eigenvalue weighted by Crippen LogP contribution is -2.42. The average molecular weight is 290 g/mol. The molecule has 21 heavy (non-hydrogen) atoms. The zero-order chi connectivity index (χ0) is 15.5. The Morgan fingerprint density at radius 3 is 2.57 bits per heavy atom. The van der Waals surface area contributed by atoms with E-state index < -0.39 is 11.4 Å². The predicted molar refractivity (Wildman–Crippen MR) is 80.1 cm³/mol. The number of aliphatic carboxylic acids is 1. The fourth-order valence-corrected chi connectivity index (χ4v) is 2.58. The number of hydrogen-bond donors (Lipinski definition) is 1. The van der Waals surface area contributed by atoms with Crippen molar-refractivity contribution in [3.05, 3.63) is 35.9 Å². The van der Waals surface area contributed by atoms with E-state index in [0.717, 1.165) is 6.42 Å². The lowest BCUT2D eigenvalue weighted by atomic mass is 9.90. The lowest BCUT2D eigenvalue weighted by Gasteiger charge is -2.26. The molecule has 0 bridgehead atoms. The average Bonchev–Trinajstić information content (AvgIpc) is 2.89. The van der Waals surface area contributed by atoms with Crippen LogP contribution in [0.5, 0.6) is 0 Å². The summed E-state index contributed by atoms with van der Waals surface area (Å²) in [6.45, 7) is 3.13. The molecule has 1 heterocycles. The maximum absolute atomic E-state index is 12.3. The number of carbonyl (C=O) groups is 2. The summed E-state index contributed by atoms with van der Waals surface area (Å²) in [5.74, 6) is -0.829. The Hall–Kier alpha value is -2.04. The fraction of sp³-hybridized carbons (Fsp3) is 0.500. The van der Waals surface area contributed by atoms with Crippen molar-refractivity contribution in [3.8, 4) is 0 Å². The summed E-state index contributed by atoms with van der Waals surface area (Å²) in [5.41, 5.74) is 0.379. The number of carbonyl (C=O) groups excluding carboxylic acids is 1. The molecular weight excluding hydrogens is 268 g/mol. The van der Waals surface area contributed by atoms with Crippen LogP contribution in [0.3, 0.4) is 0 Å². The number of hydrogen-bond acceptors (Lipinski definition) is 2. The Morgan fingerprint density at radius 2 is 2.00 bits per heavy atom. The molecule has 1 N–H and O–H groups in total. The molecule has 1 aromatic carbocycles. The van der Waals surface area contributed by atoms with Crippen LogP contribution in [0.15, 0.2) is 30.3 Å². The van der Waals surface area contributed by atoms with Crippen LogP contribution in [0.4, 0.5) is 4.79 Å². The van der Waals surface area contributed by atoms with Gasteiger partial charge >= 0.3 is 12.0 Å². The van der Waals surface area contributed by atoms with E-state index in [1.807, 2.05) is 30.3 Å². The molecule has 0 aliphatic carbocycles. The molecule has 1 aliphatic heterocycles. The molecule has 0 aromatic heterocycles. The van der Waals surface area contributed by atoms with Crippen LogP contribution < -0.4 is 0 Å². The molecule has 2 amide bonds. The Bertz CT molecular complexity index is 518. The Kier molecular flexibility index (Phi) is 4.50. The van der Waals surface area contributed by atoms with E-state index >= 15 is 0 Å². The summed E-state index contributed by atoms with van der Waals surface area (Å²) in [4.78, 5) is 26.9. The van der Waals surface area contributed by atoms with Crippen molar-refractivity contribution in [1.29, 1.82) is 0 Å². The van der Waals surface area contributed by atoms with Gasteiger partial charge in [-0.25, -0.2) is 4.79 Å². The van der Waals surface area contributed by atoms with E-state index in [1.165, 1.54) is 5.56 Å². The SMILES string of the molecule is CN(CCc1ccccc1)C(=O)N1CCC(C)(C(=O)O)C1. The fourth-order valence-electron chi connectivity index (χ4n) is 2.58. The van der Waals surface area contributed by atoms with Crippen molar-refractivity contribution in [3.63, 3.8) is 0 Å². The molecule has 0 radical (unpaired) electrons. The van der Waals surface area contributed by atoms with Crippen LogP contribution in [0.25, 0.3) is 0 Å². The van der Waals surface area contributed by atoms with Gasteiger partial charge in [0.1, 0.15) is 0 Å². The van der Waals surface area contributed by atoms with E-state index in [0.29, 0.717) is 19.5 Å². The normalized spacial score (nSPS) is 21.3. The Labute approximate surface area is 125 Å². The third-order valence-corrected chi connectivity index (χ3v) is 4.17. The van der Waals surface area contributed by atoms with Crippen LogP contribution >= 0.6 is 0 Å². The van der Waals surface area contributed by atoms with Crippen LogP contribution in [0.2, 0.25) is 0 Å². The number of carboxylic acid groups (broad SMARTS) is 1. The first kappa shape index (κ1) is 15.4. The van der Waals surface area contributed by atoms with Crippen molar-refractivity contribution in [2.24, 2.45) is 5.41 Å². The van der Waals surface area contributed by atoms with Crippen molar-refractivity contribution < 1.29 is 14.7 Å². The minimum atomic E-state index is -0.829. The van der Waals surface area contributed by atoms with Crippen molar-refractivity contribution >= 4 is 12.0 Å². The minimum Gasteiger partial charge on any atom is -0.481 e. The Balaban J connectivity index is 1.87. The first-order valence-corrected chi connectivity index (χ1v) is 7.20. The second-order valence-electron chi connectivity index (χ2n) is 5.98. The maximum Gasteiger partial charge on any atom is 0.319 e. The van der Waals surface area contributed by atoms with Gasteiger partial charge in [0.25, 0.3) is 0 Å². The van der Waals surface area contributed by atoms with Gasteiger partial charge in [-0.2, -0.15) is 0 Å². The number of urea groups is 1. The molecule has 1 aliphatic rings. The molecule has 1 fully saturated rings. The second kappa shape index (κ2) is 6.16. The van der Waals surface area contributed by atoms with Crippen LogP contribution in [0.1, 0.15) is 18.9 Å². The number of carboxylic acids is 1. The van der Waals surface area contributed by atoms with E-state index in [9.17, 15) is 14.7 Å². The molecule has 5 nitrogen and oxygen atoms in total. The number of benzene rings is 1. The largest absolute Gasteiger partial charge is 0.481 e. The van der Waals surface area contributed by atoms with Crippen LogP contribution in [-0.4, -0.2) is 53.6 Å². The van der Waals surface area contributed by atoms with E-state index in [-0.39, 0.29) is 12.6 Å². The van der Waals surface area contributed by atoms with Crippen LogP contribution in [0, 0.1) is 5.41 Å². The molecule has 1 aromatic rings. The van der Waals surface area contributed by atoms with Gasteiger partial charge in [0.15, 0.2) is 0 Å². The lowest BCUT2D eigenvalue weighted by molar-refractivity contribution is -0.147. The number of nitrogens with zero attached hydrogens (tertiary/aromatic N) is 2. The third kappa shape index (κ3) is 3.54. The molecule has 1 saturated heterocycles. The molecule has 0 saturated carbocycles. The second-order valence-corrected chi connectivity index (χ2v) is 5.98. The minimum absolute atomic E-state index is 0.0871. The van der Waals surface area contributed by atoms with Crippen molar-refractivity contribution in [2.75, 3.05) is 26.7 Å². The summed E-state index contributed by atoms with van der Waals surface area (Å²) in [6, 6.07) is 9.92. The molecule has 0 spiro atoms. The van der Waals surface area contributed by atoms with E-state index in [1.54, 1.807) is 23.8 Å². The molecular formula is C16H22N2O3. The highest BCUT2D eigenvalue weighted by Crippen LogP contribution is 2.30. The molecule has 1 atom stereocenters. The summed E-state index contributed by atoms with van der Waals surface area (Å²) in [7, 11) is 1.77. The van der Waals surface area contributed by atoms with Crippen LogP contribution in [-0.2, 0) is 11.2 Å². The summed E-state index contributed by atoms with van der Waals surface area (Å²) in [5, 5.41) is 9.21. The number of likely N-dealkylation sites (N-methyl/N-ethyl adjacent to an activating group) is 1. The zero-order valence-corrected chi connectivity index (χ0v) is 12.6. The zero-order valence-electron chi connectivity index (χ0n) is 12.6. The van der Waals surface area contributed by atoms with Gasteiger partial charge in [0.2, 0.25) is 0 Å². The maximum atomic E-state index is 12.3. The monoisotopic (exact) mass is 290 g/mol. The van der Waals surface area contributed by atoms with Gasteiger partial charge in [0.05, 0.1) is 5.41 Å². The van der Waals surface area contributed by atoms with Gasteiger partial charge in [0, 0.05) is 26.7 Å². The van der Waals surface area contributed by atoms with Crippen molar-refractivity contribution in [2.45, 2.75) is 19.8 Å². The van der Waals surface area contributed by atoms with Gasteiger partial charge < -0.3 is 14.9 Å². The first-order chi connectivity index (χ1) is 9.92. The van der Waals surface area contributed by atoms with Crippen molar-refractivity contribution in [1.82, 2.24) is 9.80 Å². The summed E-state index contributed by atoms with van der Waals surface area (Å²) >= 11 is 0. The highest BCUT2D eigenvalue weighted by molar-refractivity contribution is 5.79. The molecule has 114 valence electrons. The smallest absolute Gasteiger partial charge is 0.319 e. The summed E-state index contributed by atoms with van der Waals surface area (Å²) in [6.07, 6.45) is 1.31. The first-order valence-electron chi connectivity index (χ1n) is 7.20. The number of rotatable bonds is 4. The number of amides is 2.